The maximum atomic E-state index is 12.9. The normalized spacial score (nSPS) is 14.2. The summed E-state index contributed by atoms with van der Waals surface area (Å²) in [7, 11) is 0. The molecule has 2 aromatic rings. The van der Waals surface area contributed by atoms with E-state index in [1.807, 2.05) is 0 Å². The summed E-state index contributed by atoms with van der Waals surface area (Å²) >= 11 is 0. The number of aromatic nitrogens is 3. The highest BCUT2D eigenvalue weighted by Gasteiger charge is 2.41. The van der Waals surface area contributed by atoms with Crippen molar-refractivity contribution in [2.75, 3.05) is 19.8 Å². The lowest BCUT2D eigenvalue weighted by atomic mass is 10.2. The Kier molecular flexibility index (Phi) is 4.80. The molecule has 1 aliphatic heterocycles. The lowest BCUT2D eigenvalue weighted by Crippen LogP contribution is -2.32. The highest BCUT2D eigenvalue weighted by Crippen LogP contribution is 2.32. The third-order valence-electron chi connectivity index (χ3n) is 3.40. The molecule has 0 atom stereocenters. The summed E-state index contributed by atoms with van der Waals surface area (Å²) in [4.78, 5) is 4.09. The zero-order valence-corrected chi connectivity index (χ0v) is 13.2. The molecule has 0 amide bonds. The van der Waals surface area contributed by atoms with Crippen molar-refractivity contribution in [2.45, 2.75) is 25.9 Å². The van der Waals surface area contributed by atoms with Gasteiger partial charge in [0.25, 0.3) is 0 Å². The van der Waals surface area contributed by atoms with Gasteiger partial charge in [0.1, 0.15) is 32.3 Å². The predicted octanol–water partition coefficient (Wildman–Crippen LogP) is 2.76. The Morgan fingerprint density at radius 1 is 1.24 bits per heavy atom. The van der Waals surface area contributed by atoms with Crippen LogP contribution in [-0.2, 0) is 11.3 Å². The van der Waals surface area contributed by atoms with Crippen LogP contribution in [-0.4, -0.2) is 46.9 Å². The standard InChI is InChI=1S/C15H15F4N3O3/c1-9-20-13(7-23-8-15(18,19)14(16)17)22(21-9)10-2-3-11-12(6-10)25-5-4-24-11/h2-3,6,14H,4-5,7-8H2,1H3. The van der Waals surface area contributed by atoms with E-state index >= 15 is 0 Å². The van der Waals surface area contributed by atoms with Gasteiger partial charge in [0.2, 0.25) is 0 Å². The van der Waals surface area contributed by atoms with Crippen LogP contribution in [0.15, 0.2) is 18.2 Å². The molecule has 0 bridgehead atoms. The molecule has 0 N–H and O–H groups in total. The van der Waals surface area contributed by atoms with Crippen molar-refractivity contribution in [1.29, 1.82) is 0 Å². The van der Waals surface area contributed by atoms with Gasteiger partial charge in [-0.05, 0) is 19.1 Å². The number of aryl methyl sites for hydroxylation is 1. The fourth-order valence-electron chi connectivity index (χ4n) is 2.26. The zero-order chi connectivity index (χ0) is 18.0. The van der Waals surface area contributed by atoms with Gasteiger partial charge in [-0.3, -0.25) is 0 Å². The molecule has 0 saturated heterocycles. The van der Waals surface area contributed by atoms with E-state index in [0.717, 1.165) is 0 Å². The quantitative estimate of drug-likeness (QED) is 0.741. The number of halogens is 4. The SMILES string of the molecule is Cc1nc(COCC(F)(F)C(F)F)n(-c2ccc3c(c2)OCCO3)n1. The second kappa shape index (κ2) is 6.87. The molecule has 10 heteroatoms. The summed E-state index contributed by atoms with van der Waals surface area (Å²) in [6.07, 6.45) is -3.79. The van der Waals surface area contributed by atoms with Crippen molar-refractivity contribution in [1.82, 2.24) is 14.8 Å². The fraction of sp³-hybridized carbons (Fsp3) is 0.467. The number of rotatable bonds is 6. The number of ether oxygens (including phenoxy) is 3. The molecule has 0 spiro atoms. The van der Waals surface area contributed by atoms with Crippen LogP contribution in [0.1, 0.15) is 11.6 Å². The average Bonchev–Trinajstić information content (AvgIpc) is 2.95. The molecule has 25 heavy (non-hydrogen) atoms. The molecule has 6 nitrogen and oxygen atoms in total. The molecular weight excluding hydrogens is 346 g/mol. The molecular formula is C15H15F4N3O3. The van der Waals surface area contributed by atoms with E-state index in [2.05, 4.69) is 10.1 Å². The minimum absolute atomic E-state index is 0.208. The van der Waals surface area contributed by atoms with E-state index in [1.54, 1.807) is 25.1 Å². The topological polar surface area (TPSA) is 58.4 Å². The van der Waals surface area contributed by atoms with Gasteiger partial charge in [-0.2, -0.15) is 13.9 Å². The van der Waals surface area contributed by atoms with Crippen molar-refractivity contribution >= 4 is 0 Å². The van der Waals surface area contributed by atoms with E-state index in [-0.39, 0.29) is 5.82 Å². The number of benzene rings is 1. The molecule has 0 radical (unpaired) electrons. The van der Waals surface area contributed by atoms with Gasteiger partial charge in [-0.25, -0.2) is 18.4 Å². The molecule has 1 aromatic heterocycles. The minimum atomic E-state index is -4.21. The van der Waals surface area contributed by atoms with E-state index in [0.29, 0.717) is 36.2 Å². The summed E-state index contributed by atoms with van der Waals surface area (Å²) < 4.78 is 67.2. The number of hydrogen-bond donors (Lipinski definition) is 0. The van der Waals surface area contributed by atoms with Crippen molar-refractivity contribution in [2.24, 2.45) is 0 Å². The van der Waals surface area contributed by atoms with Gasteiger partial charge < -0.3 is 14.2 Å². The number of hydrogen-bond acceptors (Lipinski definition) is 5. The van der Waals surface area contributed by atoms with Gasteiger partial charge in [0.15, 0.2) is 17.3 Å². The first-order chi connectivity index (χ1) is 11.9. The Morgan fingerprint density at radius 2 is 1.96 bits per heavy atom. The van der Waals surface area contributed by atoms with Crippen LogP contribution < -0.4 is 9.47 Å². The van der Waals surface area contributed by atoms with E-state index in [9.17, 15) is 17.6 Å². The highest BCUT2D eigenvalue weighted by molar-refractivity contribution is 5.49. The Morgan fingerprint density at radius 3 is 2.68 bits per heavy atom. The largest absolute Gasteiger partial charge is 0.486 e. The smallest absolute Gasteiger partial charge is 0.330 e. The van der Waals surface area contributed by atoms with Crippen LogP contribution in [0.3, 0.4) is 0 Å². The number of alkyl halides is 4. The van der Waals surface area contributed by atoms with Crippen LogP contribution in [0.5, 0.6) is 11.5 Å². The summed E-state index contributed by atoms with van der Waals surface area (Å²) in [6.45, 7) is 0.679. The van der Waals surface area contributed by atoms with Crippen molar-refractivity contribution in [3.8, 4) is 17.2 Å². The van der Waals surface area contributed by atoms with Gasteiger partial charge in [0.05, 0.1) is 5.69 Å². The molecule has 0 fully saturated rings. The van der Waals surface area contributed by atoms with Crippen LogP contribution >= 0.6 is 0 Å². The van der Waals surface area contributed by atoms with E-state index in [4.69, 9.17) is 14.2 Å². The minimum Gasteiger partial charge on any atom is -0.486 e. The third kappa shape index (κ3) is 3.84. The number of nitrogens with zero attached hydrogens (tertiary/aromatic N) is 3. The predicted molar refractivity (Wildman–Crippen MR) is 77.7 cm³/mol. The van der Waals surface area contributed by atoms with Crippen LogP contribution in [0.4, 0.5) is 17.6 Å². The molecule has 1 aliphatic rings. The molecule has 2 heterocycles. The van der Waals surface area contributed by atoms with E-state index in [1.165, 1.54) is 4.68 Å². The lowest BCUT2D eigenvalue weighted by molar-refractivity contribution is -0.168. The Hall–Kier alpha value is -2.36. The summed E-state index contributed by atoms with van der Waals surface area (Å²) in [5, 5.41) is 4.17. The van der Waals surface area contributed by atoms with Crippen molar-refractivity contribution in [3.05, 3.63) is 29.8 Å². The molecule has 0 saturated carbocycles. The van der Waals surface area contributed by atoms with Crippen LogP contribution in [0.2, 0.25) is 0 Å². The first-order valence-corrected chi connectivity index (χ1v) is 7.43. The van der Waals surface area contributed by atoms with Gasteiger partial charge >= 0.3 is 12.3 Å². The number of fused-ring (bicyclic) bond motifs is 1. The highest BCUT2D eigenvalue weighted by atomic mass is 19.3. The molecule has 136 valence electrons. The summed E-state index contributed by atoms with van der Waals surface area (Å²) in [6, 6.07) is 5.05. The Balaban J connectivity index is 1.77. The molecule has 1 aromatic carbocycles. The maximum Gasteiger partial charge on any atom is 0.330 e. The van der Waals surface area contributed by atoms with Gasteiger partial charge in [0, 0.05) is 6.07 Å². The maximum absolute atomic E-state index is 12.9. The third-order valence-corrected chi connectivity index (χ3v) is 3.40. The van der Waals surface area contributed by atoms with Crippen molar-refractivity contribution in [3.63, 3.8) is 0 Å². The average molecular weight is 361 g/mol. The Bertz CT molecular complexity index is 752. The zero-order valence-electron chi connectivity index (χ0n) is 13.2. The lowest BCUT2D eigenvalue weighted by Gasteiger charge is -2.19. The first kappa shape index (κ1) is 17.5. The molecule has 0 unspecified atom stereocenters. The fourth-order valence-corrected chi connectivity index (χ4v) is 2.26. The summed E-state index contributed by atoms with van der Waals surface area (Å²) in [5.74, 6) is -2.51. The van der Waals surface area contributed by atoms with Crippen molar-refractivity contribution < 1.29 is 31.8 Å². The van der Waals surface area contributed by atoms with Crippen LogP contribution in [0, 0.1) is 6.92 Å². The molecule has 0 aliphatic carbocycles. The molecule has 3 rings (SSSR count). The second-order valence-electron chi connectivity index (χ2n) is 5.37. The van der Waals surface area contributed by atoms with E-state index < -0.39 is 25.6 Å². The van der Waals surface area contributed by atoms with Crippen LogP contribution in [0.25, 0.3) is 5.69 Å². The summed E-state index contributed by atoms with van der Waals surface area (Å²) in [5.41, 5.74) is 0.559. The first-order valence-electron chi connectivity index (χ1n) is 7.43. The Labute approximate surface area is 140 Å². The second-order valence-corrected chi connectivity index (χ2v) is 5.37. The van der Waals surface area contributed by atoms with Gasteiger partial charge in [-0.15, -0.1) is 0 Å². The monoisotopic (exact) mass is 361 g/mol. The van der Waals surface area contributed by atoms with Gasteiger partial charge in [-0.1, -0.05) is 0 Å².